The normalized spacial score (nSPS) is 24.3. The molecule has 0 aromatic rings. The molecule has 5 unspecified atom stereocenters. The van der Waals surface area contributed by atoms with Crippen LogP contribution in [-0.4, -0.2) is 108 Å². The van der Waals surface area contributed by atoms with Gasteiger partial charge in [-0.15, -0.1) is 0 Å². The Morgan fingerprint density at radius 1 is 0.939 bits per heavy atom. The van der Waals surface area contributed by atoms with Crippen LogP contribution in [0, 0.1) is 5.92 Å². The number of carbonyl (C=O) groups excluding carboxylic acids is 2. The van der Waals surface area contributed by atoms with E-state index in [0.717, 1.165) is 57.9 Å². The predicted molar refractivity (Wildman–Crippen MR) is 181 cm³/mol. The molecule has 1 aliphatic carbocycles. The van der Waals surface area contributed by atoms with Gasteiger partial charge < -0.3 is 45.8 Å². The summed E-state index contributed by atoms with van der Waals surface area (Å²) in [7, 11) is -11.7. The van der Waals surface area contributed by atoms with Crippen molar-refractivity contribution in [2.45, 2.75) is 108 Å². The number of hydrogen-bond acceptors (Lipinski definition) is 12. The molecule has 0 bridgehead atoms. The number of ether oxygens (including phenoxy) is 1. The van der Waals surface area contributed by atoms with Gasteiger partial charge in [0, 0.05) is 25.9 Å². The number of rotatable bonds is 26. The van der Waals surface area contributed by atoms with Gasteiger partial charge in [0.25, 0.3) is 0 Å². The molecule has 2 amide bonds. The molecule has 288 valence electrons. The molecular formula is C28H58N5O13P3. The molecule has 9 N–H and O–H groups in total. The Balaban J connectivity index is 1.52. The Morgan fingerprint density at radius 2 is 1.59 bits per heavy atom. The van der Waals surface area contributed by atoms with E-state index in [1.165, 1.54) is 0 Å². The quantitative estimate of drug-likeness (QED) is 0.0464. The highest BCUT2D eigenvalue weighted by atomic mass is 31.3. The molecule has 0 spiro atoms. The zero-order chi connectivity index (χ0) is 36.6. The lowest BCUT2D eigenvalue weighted by atomic mass is 9.90. The molecule has 21 heteroatoms. The van der Waals surface area contributed by atoms with E-state index in [-0.39, 0.29) is 44.0 Å². The molecule has 18 nitrogen and oxygen atoms in total. The number of carbonyl (C=O) groups is 2. The summed E-state index contributed by atoms with van der Waals surface area (Å²) in [5.41, 5.74) is 4.59. The van der Waals surface area contributed by atoms with Crippen molar-refractivity contribution in [3.8, 4) is 0 Å². The molecule has 2 rings (SSSR count). The van der Waals surface area contributed by atoms with Crippen molar-refractivity contribution < 1.29 is 61.0 Å². The monoisotopic (exact) mass is 765 g/mol. The second-order valence-electron chi connectivity index (χ2n) is 13.2. The summed E-state index contributed by atoms with van der Waals surface area (Å²) in [6.45, 7) is 0.621. The molecule has 0 aromatic carbocycles. The number of phosphoric acid groups is 2. The number of phosphoric ester groups is 1. The first-order valence-electron chi connectivity index (χ1n) is 17.0. The van der Waals surface area contributed by atoms with E-state index in [0.29, 0.717) is 44.6 Å². The van der Waals surface area contributed by atoms with Crippen molar-refractivity contribution in [1.82, 2.24) is 20.6 Å². The predicted octanol–water partition coefficient (Wildman–Crippen LogP) is 2.27. The first kappa shape index (κ1) is 44.4. The van der Waals surface area contributed by atoms with Crippen molar-refractivity contribution in [1.29, 1.82) is 0 Å². The van der Waals surface area contributed by atoms with Crippen LogP contribution >= 0.6 is 23.4 Å². The van der Waals surface area contributed by atoms with Crippen LogP contribution in [0.25, 0.3) is 0 Å². The molecule has 2 fully saturated rings. The maximum Gasteiger partial charge on any atom is 0.489 e. The first-order chi connectivity index (χ1) is 22.9. The van der Waals surface area contributed by atoms with Crippen LogP contribution in [0.3, 0.4) is 0 Å². The Bertz CT molecular complexity index is 1160. The zero-order valence-corrected chi connectivity index (χ0v) is 31.4. The fraction of sp³-hybridized carbons (Fsp3) is 0.929. The van der Waals surface area contributed by atoms with Crippen LogP contribution < -0.4 is 21.5 Å². The van der Waals surface area contributed by atoms with Crippen LogP contribution in [0.1, 0.15) is 89.9 Å². The molecule has 0 radical (unpaired) electrons. The van der Waals surface area contributed by atoms with Gasteiger partial charge in [0.1, 0.15) is 0 Å². The number of amides is 2. The topological polar surface area (TPSA) is 269 Å². The van der Waals surface area contributed by atoms with Gasteiger partial charge in [-0.2, -0.15) is 8.62 Å². The van der Waals surface area contributed by atoms with Crippen LogP contribution in [0.5, 0.6) is 0 Å². The fourth-order valence-electron chi connectivity index (χ4n) is 5.76. The Hall–Kier alpha value is -0.810. The molecule has 1 aliphatic heterocycles. The molecule has 49 heavy (non-hydrogen) atoms. The fourth-order valence-corrected chi connectivity index (χ4v) is 9.49. The third-order valence-corrected chi connectivity index (χ3v) is 12.9. The van der Waals surface area contributed by atoms with E-state index in [1.807, 2.05) is 14.1 Å². The maximum absolute atomic E-state index is 12.2. The van der Waals surface area contributed by atoms with Gasteiger partial charge in [-0.25, -0.2) is 18.8 Å². The second-order valence-corrected chi connectivity index (χ2v) is 18.0. The lowest BCUT2D eigenvalue weighted by molar-refractivity contribution is -0.126. The van der Waals surface area contributed by atoms with Crippen molar-refractivity contribution >= 4 is 35.2 Å². The average molecular weight is 766 g/mol. The van der Waals surface area contributed by atoms with Gasteiger partial charge in [-0.3, -0.25) is 14.1 Å². The largest absolute Gasteiger partial charge is 0.489 e. The summed E-state index contributed by atoms with van der Waals surface area (Å²) >= 11 is 0. The minimum Gasteiger partial charge on any atom is -0.387 e. The number of hydrogen-bond donors (Lipinski definition) is 8. The van der Waals surface area contributed by atoms with Crippen molar-refractivity contribution in [3.63, 3.8) is 0 Å². The van der Waals surface area contributed by atoms with Crippen LogP contribution in [0.4, 0.5) is 0 Å². The number of nitrogens with two attached hydrogens (primary N) is 1. The molecule has 1 saturated heterocycles. The Labute approximate surface area is 289 Å². The number of nitrogens with one attached hydrogen (secondary N) is 3. The molecule has 6 atom stereocenters. The summed E-state index contributed by atoms with van der Waals surface area (Å²) in [4.78, 5) is 55.6. The van der Waals surface area contributed by atoms with Gasteiger partial charge in [-0.1, -0.05) is 38.5 Å². The summed E-state index contributed by atoms with van der Waals surface area (Å²) < 4.78 is 55.4. The van der Waals surface area contributed by atoms with Gasteiger partial charge >= 0.3 is 23.4 Å². The van der Waals surface area contributed by atoms with E-state index in [4.69, 9.17) is 15.0 Å². The minimum atomic E-state index is -5.52. The van der Waals surface area contributed by atoms with Gasteiger partial charge in [-0.05, 0) is 65.1 Å². The number of nitrogens with zero attached hydrogens (tertiary/aromatic N) is 1. The van der Waals surface area contributed by atoms with E-state index >= 15 is 0 Å². The van der Waals surface area contributed by atoms with Crippen LogP contribution in [-0.2, 0) is 41.2 Å². The summed E-state index contributed by atoms with van der Waals surface area (Å²) in [5, 5.41) is 18.1. The van der Waals surface area contributed by atoms with Crippen molar-refractivity contribution in [2.75, 3.05) is 53.5 Å². The Kier molecular flexibility index (Phi) is 19.6. The third kappa shape index (κ3) is 19.6. The lowest BCUT2D eigenvalue weighted by Crippen LogP contribution is -2.45. The highest BCUT2D eigenvalue weighted by Crippen LogP contribution is 2.66. The standard InChI is InChI=1S/C28H58N5O13P3/c1-33(2)18-11-8-14-24(29)27(35)31-21-26(34)30-16-9-4-3-5-10-17-32-47(37,38)45-49(41,42)46-48(39,40)44-19-15-28(36)20-25(43-22-28)23-12-6-7-13-23/h23-25,36H,3-22,29H2,1-2H3,(H,30,34)(H,31,35)(H,39,40)(H,41,42)(H2,32,37,38)/t24?,25-,28?/m1/s1. The van der Waals surface area contributed by atoms with Crippen LogP contribution in [0.2, 0.25) is 0 Å². The molecule has 2 aliphatic rings. The maximum atomic E-state index is 12.2. The second kappa shape index (κ2) is 21.7. The number of aliphatic hydroxyl groups is 1. The van der Waals surface area contributed by atoms with E-state index in [1.54, 1.807) is 0 Å². The summed E-state index contributed by atoms with van der Waals surface area (Å²) in [6, 6.07) is -0.658. The highest BCUT2D eigenvalue weighted by Gasteiger charge is 2.44. The zero-order valence-electron chi connectivity index (χ0n) is 28.7. The summed E-state index contributed by atoms with van der Waals surface area (Å²) in [5.74, 6) is -0.325. The highest BCUT2D eigenvalue weighted by molar-refractivity contribution is 7.67. The Morgan fingerprint density at radius 3 is 2.27 bits per heavy atom. The van der Waals surface area contributed by atoms with E-state index in [9.17, 15) is 43.1 Å². The first-order valence-corrected chi connectivity index (χ1v) is 21.6. The number of unbranched alkanes of at least 4 members (excludes halogenated alkanes) is 5. The average Bonchev–Trinajstić information content (AvgIpc) is 3.66. The summed E-state index contributed by atoms with van der Waals surface area (Å²) in [6.07, 6.45) is 9.86. The lowest BCUT2D eigenvalue weighted by Gasteiger charge is -2.23. The van der Waals surface area contributed by atoms with Crippen molar-refractivity contribution in [2.24, 2.45) is 11.7 Å². The van der Waals surface area contributed by atoms with E-state index < -0.39 is 41.6 Å². The molecular weight excluding hydrogens is 707 g/mol. The molecule has 1 heterocycles. The SMILES string of the molecule is CN(C)CCCCC(N)C(=O)NCC(=O)NCCCCCCCNP(=O)(O)OP(=O)(O)OP(=O)(O)OCCC1(O)CO[C@@H](C2CCCC2)C1. The van der Waals surface area contributed by atoms with E-state index in [2.05, 4.69) is 29.2 Å². The smallest absolute Gasteiger partial charge is 0.387 e. The van der Waals surface area contributed by atoms with Crippen LogP contribution in [0.15, 0.2) is 0 Å². The molecule has 1 saturated carbocycles. The third-order valence-electron chi connectivity index (χ3n) is 8.43. The van der Waals surface area contributed by atoms with Gasteiger partial charge in [0.05, 0.1) is 37.5 Å². The molecule has 0 aromatic heterocycles. The minimum absolute atomic E-state index is 0.0316. The van der Waals surface area contributed by atoms with Gasteiger partial charge in [0.15, 0.2) is 0 Å². The van der Waals surface area contributed by atoms with Crippen molar-refractivity contribution in [3.05, 3.63) is 0 Å². The van der Waals surface area contributed by atoms with Gasteiger partial charge in [0.2, 0.25) is 11.8 Å².